The molecule has 3 aromatic rings. The van der Waals surface area contributed by atoms with Crippen molar-refractivity contribution in [1.29, 1.82) is 0 Å². The zero-order valence-corrected chi connectivity index (χ0v) is 15.1. The first-order valence-corrected chi connectivity index (χ1v) is 8.58. The first-order valence-electron chi connectivity index (χ1n) is 8.58. The molecule has 0 aliphatic carbocycles. The van der Waals surface area contributed by atoms with Gasteiger partial charge in [0.25, 0.3) is 5.91 Å². The Morgan fingerprint density at radius 1 is 0.929 bits per heavy atom. The monoisotopic (exact) mass is 376 g/mol. The molecule has 0 atom stereocenters. The lowest BCUT2D eigenvalue weighted by Crippen LogP contribution is -2.39. The summed E-state index contributed by atoms with van der Waals surface area (Å²) < 4.78 is 5.67. The third-order valence-corrected chi connectivity index (χ3v) is 3.99. The highest BCUT2D eigenvalue weighted by atomic mass is 16.5. The number of hydrogen-bond donors (Lipinski definition) is 4. The highest BCUT2D eigenvalue weighted by Crippen LogP contribution is 2.29. The first-order chi connectivity index (χ1) is 13.5. The number of nitrogens with one attached hydrogen (secondary N) is 2. The van der Waals surface area contributed by atoms with Crippen LogP contribution in [0.2, 0.25) is 0 Å². The number of hydrogen-bond acceptors (Lipinski definition) is 5. The van der Waals surface area contributed by atoms with E-state index in [0.717, 1.165) is 11.1 Å². The molecular formula is C22H20N2O4. The molecule has 0 bridgehead atoms. The maximum atomic E-state index is 12.1. The van der Waals surface area contributed by atoms with Crippen LogP contribution in [0.3, 0.4) is 0 Å². The van der Waals surface area contributed by atoms with Crippen LogP contribution in [0.25, 0.3) is 16.8 Å². The van der Waals surface area contributed by atoms with Gasteiger partial charge in [-0.05, 0) is 23.8 Å². The van der Waals surface area contributed by atoms with Gasteiger partial charge in [-0.3, -0.25) is 15.6 Å². The fraction of sp³-hybridized carbons (Fsp3) is 0.0455. The fourth-order valence-electron chi connectivity index (χ4n) is 2.62. The summed E-state index contributed by atoms with van der Waals surface area (Å²) >= 11 is 0. The molecule has 3 rings (SSSR count). The fourth-order valence-corrected chi connectivity index (χ4v) is 2.62. The van der Waals surface area contributed by atoms with Crippen LogP contribution >= 0.6 is 0 Å². The van der Waals surface area contributed by atoms with Gasteiger partial charge in [-0.15, -0.1) is 0 Å². The van der Waals surface area contributed by atoms with Gasteiger partial charge in [0.1, 0.15) is 17.2 Å². The van der Waals surface area contributed by atoms with E-state index in [-0.39, 0.29) is 23.8 Å². The number of phenols is 2. The smallest absolute Gasteiger partial charge is 0.276 e. The number of hydrazine groups is 1. The van der Waals surface area contributed by atoms with Crippen molar-refractivity contribution in [3.63, 3.8) is 0 Å². The quantitative estimate of drug-likeness (QED) is 0.474. The molecule has 6 heteroatoms. The van der Waals surface area contributed by atoms with Gasteiger partial charge in [0.2, 0.25) is 0 Å². The molecule has 0 aromatic heterocycles. The van der Waals surface area contributed by atoms with Crippen molar-refractivity contribution < 1.29 is 19.7 Å². The molecule has 0 saturated carbocycles. The second-order valence-corrected chi connectivity index (χ2v) is 6.00. The standard InChI is InChI=1S/C22H20N2O4/c1-15(18-12-11-17(25)13-20(18)26)23-24-22(27)14-28-21-10-6-5-9-19(21)16-7-3-2-4-8-16/h2-13,23,25-26H,1,14H2,(H,24,27). The maximum absolute atomic E-state index is 12.1. The lowest BCUT2D eigenvalue weighted by molar-refractivity contribution is -0.123. The zero-order valence-electron chi connectivity index (χ0n) is 15.1. The summed E-state index contributed by atoms with van der Waals surface area (Å²) in [6.07, 6.45) is 0. The predicted octanol–water partition coefficient (Wildman–Crippen LogP) is 3.44. The molecule has 4 N–H and O–H groups in total. The summed E-state index contributed by atoms with van der Waals surface area (Å²) in [5.41, 5.74) is 7.60. The predicted molar refractivity (Wildman–Crippen MR) is 107 cm³/mol. The van der Waals surface area contributed by atoms with Crippen molar-refractivity contribution in [2.24, 2.45) is 0 Å². The van der Waals surface area contributed by atoms with Gasteiger partial charge in [0.05, 0.1) is 5.70 Å². The lowest BCUT2D eigenvalue weighted by atomic mass is 10.1. The number of benzene rings is 3. The largest absolute Gasteiger partial charge is 0.508 e. The Bertz CT molecular complexity index is 987. The Labute approximate surface area is 162 Å². The van der Waals surface area contributed by atoms with Crippen LogP contribution in [-0.2, 0) is 4.79 Å². The molecule has 1 amide bonds. The van der Waals surface area contributed by atoms with Crippen molar-refractivity contribution in [2.75, 3.05) is 6.61 Å². The summed E-state index contributed by atoms with van der Waals surface area (Å²) in [7, 11) is 0. The highest BCUT2D eigenvalue weighted by molar-refractivity contribution is 5.79. The number of phenolic OH excluding ortho intramolecular Hbond substituents is 2. The van der Waals surface area contributed by atoms with Crippen LogP contribution in [0.15, 0.2) is 79.4 Å². The molecule has 0 aliphatic heterocycles. The van der Waals surface area contributed by atoms with E-state index >= 15 is 0 Å². The number of rotatable bonds is 7. The second-order valence-electron chi connectivity index (χ2n) is 6.00. The minimum absolute atomic E-state index is 0.0661. The Morgan fingerprint density at radius 2 is 1.64 bits per heavy atom. The van der Waals surface area contributed by atoms with Crippen LogP contribution in [-0.4, -0.2) is 22.7 Å². The molecule has 28 heavy (non-hydrogen) atoms. The first kappa shape index (κ1) is 18.8. The zero-order chi connectivity index (χ0) is 19.9. The average molecular weight is 376 g/mol. The molecule has 6 nitrogen and oxygen atoms in total. The van der Waals surface area contributed by atoms with Gasteiger partial charge in [0.15, 0.2) is 6.61 Å². The van der Waals surface area contributed by atoms with Crippen molar-refractivity contribution in [1.82, 2.24) is 10.9 Å². The molecule has 142 valence electrons. The third-order valence-electron chi connectivity index (χ3n) is 3.99. The Hall–Kier alpha value is -3.93. The summed E-state index contributed by atoms with van der Waals surface area (Å²) in [4.78, 5) is 12.1. The summed E-state index contributed by atoms with van der Waals surface area (Å²) in [5.74, 6) is -0.0375. The van der Waals surface area contributed by atoms with Gasteiger partial charge >= 0.3 is 0 Å². The van der Waals surface area contributed by atoms with Crippen LogP contribution in [0, 0.1) is 0 Å². The number of carbonyl (C=O) groups excluding carboxylic acids is 1. The molecule has 0 radical (unpaired) electrons. The topological polar surface area (TPSA) is 90.8 Å². The number of aromatic hydroxyl groups is 2. The van der Waals surface area contributed by atoms with Crippen molar-refractivity contribution >= 4 is 11.6 Å². The van der Waals surface area contributed by atoms with Crippen LogP contribution in [0.1, 0.15) is 5.56 Å². The van der Waals surface area contributed by atoms with E-state index in [1.54, 1.807) is 6.07 Å². The molecule has 0 unspecified atom stereocenters. The third kappa shape index (κ3) is 4.62. The summed E-state index contributed by atoms with van der Waals surface area (Å²) in [6, 6.07) is 21.3. The van der Waals surface area contributed by atoms with E-state index in [9.17, 15) is 15.0 Å². The van der Waals surface area contributed by atoms with Crippen LogP contribution in [0.5, 0.6) is 17.2 Å². The van der Waals surface area contributed by atoms with Gasteiger partial charge in [-0.25, -0.2) is 0 Å². The molecule has 3 aromatic carbocycles. The lowest BCUT2D eigenvalue weighted by Gasteiger charge is -2.14. The minimum atomic E-state index is -0.415. The number of amides is 1. The van der Waals surface area contributed by atoms with Gasteiger partial charge in [0, 0.05) is 17.2 Å². The number of para-hydroxylation sites is 1. The van der Waals surface area contributed by atoms with Crippen LogP contribution < -0.4 is 15.6 Å². The van der Waals surface area contributed by atoms with E-state index in [4.69, 9.17) is 4.74 Å². The number of ether oxygens (including phenoxy) is 1. The van der Waals surface area contributed by atoms with Crippen molar-refractivity contribution in [2.45, 2.75) is 0 Å². The minimum Gasteiger partial charge on any atom is -0.508 e. The highest BCUT2D eigenvalue weighted by Gasteiger charge is 2.10. The molecule has 0 spiro atoms. The molecular weight excluding hydrogens is 356 g/mol. The van der Waals surface area contributed by atoms with Crippen molar-refractivity contribution in [3.8, 4) is 28.4 Å². The molecule has 0 fully saturated rings. The normalized spacial score (nSPS) is 10.1. The molecule has 0 saturated heterocycles. The Kier molecular flexibility index (Phi) is 5.81. The Morgan fingerprint density at radius 3 is 2.39 bits per heavy atom. The molecule has 0 heterocycles. The summed E-state index contributed by atoms with van der Waals surface area (Å²) in [6.45, 7) is 3.55. The van der Waals surface area contributed by atoms with Gasteiger partial charge in [-0.1, -0.05) is 55.1 Å². The van der Waals surface area contributed by atoms with E-state index in [1.807, 2.05) is 48.5 Å². The van der Waals surface area contributed by atoms with E-state index in [0.29, 0.717) is 11.3 Å². The summed E-state index contributed by atoms with van der Waals surface area (Å²) in [5, 5.41) is 19.1. The van der Waals surface area contributed by atoms with E-state index in [1.165, 1.54) is 18.2 Å². The van der Waals surface area contributed by atoms with Gasteiger partial charge in [-0.2, -0.15) is 0 Å². The Balaban J connectivity index is 1.57. The van der Waals surface area contributed by atoms with Crippen molar-refractivity contribution in [3.05, 3.63) is 84.9 Å². The number of carbonyl (C=O) groups is 1. The van der Waals surface area contributed by atoms with E-state index < -0.39 is 5.91 Å². The second kappa shape index (κ2) is 8.64. The van der Waals surface area contributed by atoms with Crippen LogP contribution in [0.4, 0.5) is 0 Å². The SMILES string of the molecule is C=C(NNC(=O)COc1ccccc1-c1ccccc1)c1ccc(O)cc1O. The molecule has 0 aliphatic rings. The van der Waals surface area contributed by atoms with E-state index in [2.05, 4.69) is 17.4 Å². The van der Waals surface area contributed by atoms with Gasteiger partial charge < -0.3 is 14.9 Å². The average Bonchev–Trinajstić information content (AvgIpc) is 2.71. The maximum Gasteiger partial charge on any atom is 0.276 e.